The highest BCUT2D eigenvalue weighted by Gasteiger charge is 2.15. The van der Waals surface area contributed by atoms with Crippen molar-refractivity contribution >= 4 is 39.9 Å². The van der Waals surface area contributed by atoms with Crippen LogP contribution in [0.4, 0.5) is 11.4 Å². The first kappa shape index (κ1) is 18.1. The number of rotatable bonds is 4. The summed E-state index contributed by atoms with van der Waals surface area (Å²) in [5.74, 6) is -2.02. The molecule has 6 nitrogen and oxygen atoms in total. The minimum Gasteiger partial charge on any atom is -0.462 e. The van der Waals surface area contributed by atoms with Crippen molar-refractivity contribution in [1.29, 1.82) is 0 Å². The van der Waals surface area contributed by atoms with E-state index < -0.39 is 17.8 Å². The van der Waals surface area contributed by atoms with Crippen molar-refractivity contribution in [3.63, 3.8) is 0 Å². The summed E-state index contributed by atoms with van der Waals surface area (Å²) in [6, 6.07) is 19.3. The maximum absolute atomic E-state index is 12.1. The normalized spacial score (nSPS) is 10.3. The molecule has 0 fully saturated rings. The van der Waals surface area contributed by atoms with Gasteiger partial charge in [0.25, 0.3) is 0 Å². The average molecular weight is 362 g/mol. The second kappa shape index (κ2) is 8.14. The lowest BCUT2D eigenvalue weighted by Crippen LogP contribution is -2.29. The van der Waals surface area contributed by atoms with Crippen molar-refractivity contribution in [2.75, 3.05) is 17.2 Å². The van der Waals surface area contributed by atoms with Gasteiger partial charge in [0.05, 0.1) is 12.2 Å². The first-order chi connectivity index (χ1) is 13.1. The van der Waals surface area contributed by atoms with Crippen LogP contribution in [0.2, 0.25) is 0 Å². The number of anilines is 2. The Bertz CT molecular complexity index is 996. The van der Waals surface area contributed by atoms with Gasteiger partial charge in [-0.3, -0.25) is 9.59 Å². The molecule has 0 spiro atoms. The Balaban J connectivity index is 1.63. The van der Waals surface area contributed by atoms with Gasteiger partial charge in [-0.2, -0.15) is 0 Å². The molecule has 0 aliphatic rings. The first-order valence-corrected chi connectivity index (χ1v) is 8.45. The third-order valence-electron chi connectivity index (χ3n) is 3.87. The van der Waals surface area contributed by atoms with Gasteiger partial charge >= 0.3 is 17.8 Å². The zero-order valence-electron chi connectivity index (χ0n) is 14.7. The maximum Gasteiger partial charge on any atom is 0.338 e. The van der Waals surface area contributed by atoms with Crippen molar-refractivity contribution < 1.29 is 19.1 Å². The Hall–Kier alpha value is -3.67. The molecule has 3 aromatic carbocycles. The molecule has 3 aromatic rings. The predicted molar refractivity (Wildman–Crippen MR) is 104 cm³/mol. The summed E-state index contributed by atoms with van der Waals surface area (Å²) in [6.45, 7) is 2.01. The van der Waals surface area contributed by atoms with E-state index in [-0.39, 0.29) is 6.61 Å². The molecule has 27 heavy (non-hydrogen) atoms. The third kappa shape index (κ3) is 4.49. The van der Waals surface area contributed by atoms with Gasteiger partial charge in [0, 0.05) is 11.4 Å². The lowest BCUT2D eigenvalue weighted by atomic mass is 10.1. The summed E-state index contributed by atoms with van der Waals surface area (Å²) in [5.41, 5.74) is 1.31. The molecular weight excluding hydrogens is 344 g/mol. The van der Waals surface area contributed by atoms with E-state index in [2.05, 4.69) is 10.6 Å². The van der Waals surface area contributed by atoms with Crippen LogP contribution in [0, 0.1) is 0 Å². The molecular formula is C21H18N2O4. The fourth-order valence-corrected chi connectivity index (χ4v) is 2.55. The van der Waals surface area contributed by atoms with E-state index in [9.17, 15) is 14.4 Å². The molecule has 0 atom stereocenters. The Morgan fingerprint density at radius 2 is 1.37 bits per heavy atom. The lowest BCUT2D eigenvalue weighted by Gasteiger charge is -2.08. The quantitative estimate of drug-likeness (QED) is 0.549. The second-order valence-electron chi connectivity index (χ2n) is 5.77. The number of nitrogens with one attached hydrogen (secondary N) is 2. The Labute approximate surface area is 156 Å². The highest BCUT2D eigenvalue weighted by molar-refractivity contribution is 6.43. The molecule has 0 saturated carbocycles. The molecule has 136 valence electrons. The van der Waals surface area contributed by atoms with Crippen molar-refractivity contribution in [2.24, 2.45) is 0 Å². The molecule has 0 saturated heterocycles. The van der Waals surface area contributed by atoms with Crippen molar-refractivity contribution in [3.05, 3.63) is 72.3 Å². The summed E-state index contributed by atoms with van der Waals surface area (Å²) in [6.07, 6.45) is 0. The fourth-order valence-electron chi connectivity index (χ4n) is 2.55. The summed E-state index contributed by atoms with van der Waals surface area (Å²) in [7, 11) is 0. The van der Waals surface area contributed by atoms with Gasteiger partial charge in [-0.1, -0.05) is 30.3 Å². The Kier molecular flexibility index (Phi) is 5.47. The van der Waals surface area contributed by atoms with E-state index in [0.29, 0.717) is 16.9 Å². The van der Waals surface area contributed by atoms with E-state index in [1.165, 1.54) is 24.3 Å². The fraction of sp³-hybridized carbons (Fsp3) is 0.0952. The largest absolute Gasteiger partial charge is 0.462 e. The number of benzene rings is 3. The third-order valence-corrected chi connectivity index (χ3v) is 3.87. The molecule has 0 radical (unpaired) electrons. The average Bonchev–Trinajstić information content (AvgIpc) is 2.68. The Morgan fingerprint density at radius 1 is 0.778 bits per heavy atom. The number of amides is 2. The monoisotopic (exact) mass is 362 g/mol. The van der Waals surface area contributed by atoms with E-state index in [4.69, 9.17) is 4.74 Å². The molecule has 0 unspecified atom stereocenters. The van der Waals surface area contributed by atoms with E-state index in [1.807, 2.05) is 30.3 Å². The van der Waals surface area contributed by atoms with Crippen LogP contribution < -0.4 is 10.6 Å². The van der Waals surface area contributed by atoms with Gasteiger partial charge in [0.2, 0.25) is 0 Å². The SMILES string of the molecule is CCOC(=O)c1ccc(NC(=O)C(=O)Nc2ccc3ccccc3c2)cc1. The number of esters is 1. The molecule has 0 aliphatic carbocycles. The minimum absolute atomic E-state index is 0.284. The summed E-state index contributed by atoms with van der Waals surface area (Å²) < 4.78 is 4.89. The molecule has 0 aromatic heterocycles. The Morgan fingerprint density at radius 3 is 2.04 bits per heavy atom. The summed E-state index contributed by atoms with van der Waals surface area (Å²) in [4.78, 5) is 35.8. The van der Waals surface area contributed by atoms with E-state index in [0.717, 1.165) is 10.8 Å². The highest BCUT2D eigenvalue weighted by Crippen LogP contribution is 2.19. The zero-order chi connectivity index (χ0) is 19.2. The van der Waals surface area contributed by atoms with Gasteiger partial charge in [-0.15, -0.1) is 0 Å². The lowest BCUT2D eigenvalue weighted by molar-refractivity contribution is -0.132. The number of ether oxygens (including phenoxy) is 1. The van der Waals surface area contributed by atoms with Crippen LogP contribution in [0.15, 0.2) is 66.7 Å². The topological polar surface area (TPSA) is 84.5 Å². The van der Waals surface area contributed by atoms with Crippen LogP contribution in [0.1, 0.15) is 17.3 Å². The van der Waals surface area contributed by atoms with Gasteiger partial charge in [-0.05, 0) is 54.1 Å². The number of carbonyl (C=O) groups excluding carboxylic acids is 3. The molecule has 3 rings (SSSR count). The molecule has 0 aliphatic heterocycles. The maximum atomic E-state index is 12.1. The molecule has 6 heteroatoms. The van der Waals surface area contributed by atoms with E-state index >= 15 is 0 Å². The second-order valence-corrected chi connectivity index (χ2v) is 5.77. The first-order valence-electron chi connectivity index (χ1n) is 8.45. The number of carbonyl (C=O) groups is 3. The van der Waals surface area contributed by atoms with Crippen molar-refractivity contribution in [1.82, 2.24) is 0 Å². The summed E-state index contributed by atoms with van der Waals surface area (Å²) in [5, 5.41) is 7.08. The number of fused-ring (bicyclic) bond motifs is 1. The van der Waals surface area contributed by atoms with Crippen molar-refractivity contribution in [3.8, 4) is 0 Å². The predicted octanol–water partition coefficient (Wildman–Crippen LogP) is 3.59. The van der Waals surface area contributed by atoms with Crippen molar-refractivity contribution in [2.45, 2.75) is 6.92 Å². The van der Waals surface area contributed by atoms with Gasteiger partial charge in [0.15, 0.2) is 0 Å². The van der Waals surface area contributed by atoms with E-state index in [1.54, 1.807) is 19.1 Å². The standard InChI is InChI=1S/C21H18N2O4/c1-2-27-21(26)15-8-10-17(11-9-15)22-19(24)20(25)23-18-12-7-14-5-3-4-6-16(14)13-18/h3-13H,2H2,1H3,(H,22,24)(H,23,25). The van der Waals surface area contributed by atoms with Crippen LogP contribution in [0.25, 0.3) is 10.8 Å². The molecule has 0 heterocycles. The molecule has 2 amide bonds. The number of hydrogen-bond acceptors (Lipinski definition) is 4. The highest BCUT2D eigenvalue weighted by atomic mass is 16.5. The van der Waals surface area contributed by atoms with Crippen LogP contribution >= 0.6 is 0 Å². The molecule has 2 N–H and O–H groups in total. The molecule has 0 bridgehead atoms. The van der Waals surface area contributed by atoms with Gasteiger partial charge < -0.3 is 15.4 Å². The van der Waals surface area contributed by atoms with Crippen LogP contribution in [-0.2, 0) is 14.3 Å². The zero-order valence-corrected chi connectivity index (χ0v) is 14.7. The van der Waals surface area contributed by atoms with Gasteiger partial charge in [-0.25, -0.2) is 4.79 Å². The van der Waals surface area contributed by atoms with Crippen LogP contribution in [0.3, 0.4) is 0 Å². The van der Waals surface area contributed by atoms with Gasteiger partial charge in [0.1, 0.15) is 0 Å². The summed E-state index contributed by atoms with van der Waals surface area (Å²) >= 11 is 0. The van der Waals surface area contributed by atoms with Crippen LogP contribution in [0.5, 0.6) is 0 Å². The van der Waals surface area contributed by atoms with Crippen LogP contribution in [-0.4, -0.2) is 24.4 Å². The minimum atomic E-state index is -0.799. The smallest absolute Gasteiger partial charge is 0.338 e. The number of hydrogen-bond donors (Lipinski definition) is 2.